The normalized spacial score (nSPS) is 23.0. The van der Waals surface area contributed by atoms with Crippen molar-refractivity contribution in [2.75, 3.05) is 44.4 Å². The summed E-state index contributed by atoms with van der Waals surface area (Å²) < 4.78 is 11.7. The number of aromatic nitrogens is 2. The second-order valence-electron chi connectivity index (χ2n) is 7.13. The van der Waals surface area contributed by atoms with Crippen LogP contribution in [0.25, 0.3) is 0 Å². The van der Waals surface area contributed by atoms with E-state index in [4.69, 9.17) is 9.47 Å². The molecule has 0 aromatic carbocycles. The first-order valence-corrected chi connectivity index (χ1v) is 9.20. The van der Waals surface area contributed by atoms with Crippen LogP contribution in [0.3, 0.4) is 0 Å². The maximum absolute atomic E-state index is 13.0. The predicted molar refractivity (Wildman–Crippen MR) is 101 cm³/mol. The molecular weight excluding hydrogens is 360 g/mol. The molecule has 2 aromatic heterocycles. The van der Waals surface area contributed by atoms with Crippen molar-refractivity contribution in [3.8, 4) is 0 Å². The Morgan fingerprint density at radius 1 is 1.21 bits per heavy atom. The molecule has 8 heteroatoms. The minimum Gasteiger partial charge on any atom is -0.376 e. The number of amides is 2. The number of carbonyl (C=O) groups is 2. The number of anilines is 1. The van der Waals surface area contributed by atoms with Gasteiger partial charge in [0.2, 0.25) is 0 Å². The zero-order valence-corrected chi connectivity index (χ0v) is 15.7. The Bertz CT molecular complexity index is 858. The van der Waals surface area contributed by atoms with Crippen LogP contribution in [0, 0.1) is 6.92 Å². The van der Waals surface area contributed by atoms with Crippen molar-refractivity contribution in [3.05, 3.63) is 54.1 Å². The average Bonchev–Trinajstić information content (AvgIpc) is 2.93. The third-order valence-corrected chi connectivity index (χ3v) is 5.00. The zero-order valence-electron chi connectivity index (χ0n) is 15.7. The van der Waals surface area contributed by atoms with Gasteiger partial charge in [0.05, 0.1) is 43.8 Å². The maximum atomic E-state index is 13.0. The van der Waals surface area contributed by atoms with Crippen LogP contribution < -0.4 is 4.90 Å². The molecule has 2 aliphatic rings. The first-order chi connectivity index (χ1) is 13.6. The van der Waals surface area contributed by atoms with Gasteiger partial charge in [0.15, 0.2) is 0 Å². The average molecular weight is 382 g/mol. The molecule has 0 radical (unpaired) electrons. The molecule has 28 heavy (non-hydrogen) atoms. The van der Waals surface area contributed by atoms with Crippen LogP contribution in [-0.4, -0.2) is 71.7 Å². The van der Waals surface area contributed by atoms with Gasteiger partial charge in [-0.15, -0.1) is 0 Å². The first kappa shape index (κ1) is 18.5. The first-order valence-electron chi connectivity index (χ1n) is 9.20. The molecule has 0 bridgehead atoms. The summed E-state index contributed by atoms with van der Waals surface area (Å²) >= 11 is 0. The van der Waals surface area contributed by atoms with Gasteiger partial charge in [-0.05, 0) is 31.2 Å². The summed E-state index contributed by atoms with van der Waals surface area (Å²) in [5.41, 5.74) is 1.31. The number of morpholine rings is 1. The summed E-state index contributed by atoms with van der Waals surface area (Å²) in [4.78, 5) is 37.1. The van der Waals surface area contributed by atoms with Gasteiger partial charge >= 0.3 is 0 Å². The van der Waals surface area contributed by atoms with Crippen molar-refractivity contribution in [2.45, 2.75) is 12.5 Å². The van der Waals surface area contributed by atoms with Gasteiger partial charge in [-0.25, -0.2) is 0 Å². The summed E-state index contributed by atoms with van der Waals surface area (Å²) in [6.07, 6.45) is 4.90. The Kier molecular flexibility index (Phi) is 5.06. The maximum Gasteiger partial charge on any atom is 0.255 e. The van der Waals surface area contributed by atoms with Crippen LogP contribution >= 0.6 is 0 Å². The van der Waals surface area contributed by atoms with Crippen molar-refractivity contribution < 1.29 is 19.1 Å². The fraction of sp³-hybridized carbons (Fsp3) is 0.400. The number of rotatable bonds is 2. The number of pyridine rings is 2. The number of hydrogen-bond donors (Lipinski definition) is 0. The second kappa shape index (κ2) is 7.65. The van der Waals surface area contributed by atoms with E-state index in [2.05, 4.69) is 9.97 Å². The number of ether oxygens (including phenoxy) is 2. The predicted octanol–water partition coefficient (Wildman–Crippen LogP) is 1.06. The Labute approximate surface area is 163 Å². The zero-order chi connectivity index (χ0) is 19.6. The Hall–Kier alpha value is -2.84. The number of nitrogens with zero attached hydrogens (tertiary/aromatic N) is 4. The van der Waals surface area contributed by atoms with E-state index in [1.165, 1.54) is 0 Å². The second-order valence-corrected chi connectivity index (χ2v) is 7.13. The van der Waals surface area contributed by atoms with Crippen LogP contribution in [0.1, 0.15) is 16.1 Å². The minimum absolute atomic E-state index is 0.0631. The van der Waals surface area contributed by atoms with E-state index in [0.717, 1.165) is 5.69 Å². The van der Waals surface area contributed by atoms with Crippen LogP contribution in [0.15, 0.2) is 42.9 Å². The monoisotopic (exact) mass is 382 g/mol. The molecule has 1 spiro atoms. The van der Waals surface area contributed by atoms with Crippen LogP contribution in [-0.2, 0) is 14.3 Å². The number of carbonyl (C=O) groups excluding carboxylic acids is 2. The summed E-state index contributed by atoms with van der Waals surface area (Å²) in [7, 11) is 0. The lowest BCUT2D eigenvalue weighted by molar-refractivity contribution is -0.145. The van der Waals surface area contributed by atoms with Gasteiger partial charge in [-0.1, -0.05) is 0 Å². The lowest BCUT2D eigenvalue weighted by atomic mass is 10.0. The van der Waals surface area contributed by atoms with Crippen molar-refractivity contribution in [1.82, 2.24) is 14.9 Å². The highest BCUT2D eigenvalue weighted by Gasteiger charge is 2.44. The highest BCUT2D eigenvalue weighted by atomic mass is 16.6. The summed E-state index contributed by atoms with van der Waals surface area (Å²) in [5.74, 6) is -0.255. The molecule has 0 saturated carbocycles. The fourth-order valence-corrected chi connectivity index (χ4v) is 3.50. The lowest BCUT2D eigenvalue weighted by Gasteiger charge is -2.42. The highest BCUT2D eigenvalue weighted by molar-refractivity contribution is 5.95. The molecule has 2 aromatic rings. The van der Waals surface area contributed by atoms with Crippen LogP contribution in [0.2, 0.25) is 0 Å². The van der Waals surface area contributed by atoms with E-state index in [-0.39, 0.29) is 18.4 Å². The third kappa shape index (κ3) is 3.74. The van der Waals surface area contributed by atoms with E-state index >= 15 is 0 Å². The van der Waals surface area contributed by atoms with Crippen molar-refractivity contribution in [3.63, 3.8) is 0 Å². The molecule has 1 unspecified atom stereocenters. The largest absolute Gasteiger partial charge is 0.376 e. The molecule has 8 nitrogen and oxygen atoms in total. The van der Waals surface area contributed by atoms with E-state index in [1.807, 2.05) is 19.1 Å². The summed E-state index contributed by atoms with van der Waals surface area (Å²) in [6.45, 7) is 3.63. The number of aryl methyl sites for hydroxylation is 1. The molecule has 2 aliphatic heterocycles. The van der Waals surface area contributed by atoms with Gasteiger partial charge in [-0.3, -0.25) is 19.6 Å². The van der Waals surface area contributed by atoms with E-state index in [1.54, 1.807) is 40.5 Å². The van der Waals surface area contributed by atoms with Gasteiger partial charge < -0.3 is 19.3 Å². The quantitative estimate of drug-likeness (QED) is 0.772. The van der Waals surface area contributed by atoms with Gasteiger partial charge in [0, 0.05) is 24.6 Å². The molecule has 146 valence electrons. The smallest absolute Gasteiger partial charge is 0.255 e. The molecule has 0 N–H and O–H groups in total. The molecule has 0 aliphatic carbocycles. The SMILES string of the molecule is Cc1ccc(C(=O)N2CCOCC3(C2)CN(c2cccnc2)C(=O)CO3)cn1. The van der Waals surface area contributed by atoms with Gasteiger partial charge in [-0.2, -0.15) is 0 Å². The van der Waals surface area contributed by atoms with E-state index in [9.17, 15) is 9.59 Å². The Morgan fingerprint density at radius 3 is 2.86 bits per heavy atom. The molecular formula is C20H22N4O4. The Balaban J connectivity index is 1.57. The molecule has 2 saturated heterocycles. The summed E-state index contributed by atoms with van der Waals surface area (Å²) in [5, 5.41) is 0. The highest BCUT2D eigenvalue weighted by Crippen LogP contribution is 2.27. The standard InChI is InChI=1S/C20H22N4O4/c1-15-4-5-16(9-22-15)19(26)23-7-8-27-14-20(12-23)13-24(18(25)11-28-20)17-3-2-6-21-10-17/h2-6,9-10H,7-8,11-14H2,1H3. The molecule has 2 amide bonds. The van der Waals surface area contributed by atoms with Crippen molar-refractivity contribution in [2.24, 2.45) is 0 Å². The van der Waals surface area contributed by atoms with Crippen molar-refractivity contribution >= 4 is 17.5 Å². The molecule has 4 heterocycles. The molecule has 2 fully saturated rings. The summed E-state index contributed by atoms with van der Waals surface area (Å²) in [6, 6.07) is 7.21. The Morgan fingerprint density at radius 2 is 2.11 bits per heavy atom. The van der Waals surface area contributed by atoms with Crippen LogP contribution in [0.4, 0.5) is 5.69 Å². The number of hydrogen-bond acceptors (Lipinski definition) is 6. The van der Waals surface area contributed by atoms with Crippen molar-refractivity contribution in [1.29, 1.82) is 0 Å². The minimum atomic E-state index is -0.784. The van der Waals surface area contributed by atoms with Crippen LogP contribution in [0.5, 0.6) is 0 Å². The topological polar surface area (TPSA) is 84.9 Å². The molecule has 4 rings (SSSR count). The third-order valence-electron chi connectivity index (χ3n) is 5.00. The van der Waals surface area contributed by atoms with E-state index < -0.39 is 5.60 Å². The lowest BCUT2D eigenvalue weighted by Crippen LogP contribution is -2.61. The van der Waals surface area contributed by atoms with E-state index in [0.29, 0.717) is 44.1 Å². The van der Waals surface area contributed by atoms with Gasteiger partial charge in [0.1, 0.15) is 12.2 Å². The van der Waals surface area contributed by atoms with Gasteiger partial charge in [0.25, 0.3) is 11.8 Å². The fourth-order valence-electron chi connectivity index (χ4n) is 3.50. The molecule has 1 atom stereocenters.